The molecule has 0 atom stereocenters. The number of carbonyl (C=O) groups is 1. The zero-order valence-electron chi connectivity index (χ0n) is 10.8. The van der Waals surface area contributed by atoms with Gasteiger partial charge in [0.25, 0.3) is 0 Å². The first kappa shape index (κ1) is 13.8. The second kappa shape index (κ2) is 6.11. The van der Waals surface area contributed by atoms with Crippen molar-refractivity contribution in [1.29, 1.82) is 0 Å². The number of benzene rings is 2. The summed E-state index contributed by atoms with van der Waals surface area (Å²) in [5, 5.41) is 12.2. The Morgan fingerprint density at radius 1 is 1.24 bits per heavy atom. The van der Waals surface area contributed by atoms with Crippen LogP contribution in [0.3, 0.4) is 0 Å². The van der Waals surface area contributed by atoms with Gasteiger partial charge in [0.05, 0.1) is 22.8 Å². The van der Waals surface area contributed by atoms with Crippen LogP contribution in [0.4, 0.5) is 17.1 Å². The van der Waals surface area contributed by atoms with E-state index in [0.717, 1.165) is 21.9 Å². The van der Waals surface area contributed by atoms with Crippen molar-refractivity contribution in [3.63, 3.8) is 0 Å². The number of carbonyl (C=O) groups excluding carboxylic acids is 1. The Hall–Kier alpha value is -2.12. The highest BCUT2D eigenvalue weighted by atomic mass is 32.2. The van der Waals surface area contributed by atoms with E-state index in [1.54, 1.807) is 24.3 Å². The summed E-state index contributed by atoms with van der Waals surface area (Å²) in [7, 11) is 0. The van der Waals surface area contributed by atoms with Gasteiger partial charge in [-0.15, -0.1) is 11.8 Å². The number of rotatable bonds is 4. The van der Waals surface area contributed by atoms with E-state index in [4.69, 9.17) is 0 Å². The van der Waals surface area contributed by atoms with E-state index in [9.17, 15) is 9.90 Å². The van der Waals surface area contributed by atoms with Crippen molar-refractivity contribution < 1.29 is 9.90 Å². The fourth-order valence-electron chi connectivity index (χ4n) is 1.82. The first-order valence-electron chi connectivity index (χ1n) is 6.15. The molecule has 0 aliphatic carbocycles. The van der Waals surface area contributed by atoms with E-state index in [1.807, 2.05) is 18.2 Å². The molecule has 0 spiro atoms. The highest BCUT2D eigenvalue weighted by Gasteiger charge is 2.12. The molecular weight excluding hydrogens is 306 g/mol. The largest absolute Gasteiger partial charge is 0.508 e. The van der Waals surface area contributed by atoms with E-state index in [0.29, 0.717) is 11.4 Å². The molecule has 0 radical (unpaired) electrons. The molecule has 21 heavy (non-hydrogen) atoms. The average molecular weight is 317 g/mol. The molecule has 0 saturated carbocycles. The number of anilines is 1. The average Bonchev–Trinajstić information content (AvgIpc) is 2.95. The number of nitrogens with one attached hydrogen (secondary N) is 1. The van der Waals surface area contributed by atoms with E-state index < -0.39 is 0 Å². The molecule has 0 unspecified atom stereocenters. The minimum absolute atomic E-state index is 0.121. The van der Waals surface area contributed by atoms with Crippen LogP contribution in [0.5, 0.6) is 5.75 Å². The predicted octanol–water partition coefficient (Wildman–Crippen LogP) is 3.85. The summed E-state index contributed by atoms with van der Waals surface area (Å²) in [5.41, 5.74) is 2.15. The normalized spacial score (nSPS) is 11.8. The van der Waals surface area contributed by atoms with Crippen molar-refractivity contribution in [3.05, 3.63) is 42.5 Å². The van der Waals surface area contributed by atoms with E-state index in [1.165, 1.54) is 11.8 Å². The Morgan fingerprint density at radius 3 is 2.95 bits per heavy atom. The van der Waals surface area contributed by atoms with Crippen molar-refractivity contribution in [3.8, 4) is 5.75 Å². The zero-order valence-corrected chi connectivity index (χ0v) is 12.4. The highest BCUT2D eigenvalue weighted by molar-refractivity contribution is 8.00. The molecule has 0 saturated heterocycles. The lowest BCUT2D eigenvalue weighted by molar-refractivity contribution is -0.113. The van der Waals surface area contributed by atoms with Crippen LogP contribution in [-0.4, -0.2) is 16.8 Å². The third kappa shape index (κ3) is 3.32. The smallest absolute Gasteiger partial charge is 0.234 e. The number of nitrogens with zero attached hydrogens (tertiary/aromatic N) is 2. The van der Waals surface area contributed by atoms with Crippen LogP contribution in [0, 0.1) is 0 Å². The number of thioether (sulfide) groups is 1. The quantitative estimate of drug-likeness (QED) is 0.718. The summed E-state index contributed by atoms with van der Waals surface area (Å²) >= 11 is 2.49. The molecule has 7 heteroatoms. The summed E-state index contributed by atoms with van der Waals surface area (Å²) in [6.07, 6.45) is 0. The molecule has 5 nitrogen and oxygen atoms in total. The Balaban J connectivity index is 1.63. The van der Waals surface area contributed by atoms with Crippen LogP contribution in [0.15, 0.2) is 56.1 Å². The van der Waals surface area contributed by atoms with Crippen molar-refractivity contribution in [2.24, 2.45) is 8.73 Å². The monoisotopic (exact) mass is 317 g/mol. The second-order valence-corrected chi connectivity index (χ2v) is 5.85. The molecule has 0 aromatic heterocycles. The third-order valence-corrected chi connectivity index (χ3v) is 4.28. The van der Waals surface area contributed by atoms with E-state index >= 15 is 0 Å². The van der Waals surface area contributed by atoms with Gasteiger partial charge in [-0.05, 0) is 30.3 Å². The lowest BCUT2D eigenvalue weighted by atomic mass is 10.2. The van der Waals surface area contributed by atoms with Gasteiger partial charge in [0.1, 0.15) is 17.1 Å². The summed E-state index contributed by atoms with van der Waals surface area (Å²) < 4.78 is 8.31. The number of amides is 1. The summed E-state index contributed by atoms with van der Waals surface area (Å²) in [5.74, 6) is 0.333. The molecule has 1 aliphatic heterocycles. The minimum Gasteiger partial charge on any atom is -0.508 e. The summed E-state index contributed by atoms with van der Waals surface area (Å²) in [6.45, 7) is 0. The maximum Gasteiger partial charge on any atom is 0.234 e. The van der Waals surface area contributed by atoms with Gasteiger partial charge >= 0.3 is 0 Å². The lowest BCUT2D eigenvalue weighted by Crippen LogP contribution is -2.13. The van der Waals surface area contributed by atoms with Gasteiger partial charge in [-0.3, -0.25) is 4.79 Å². The van der Waals surface area contributed by atoms with Crippen LogP contribution < -0.4 is 5.32 Å². The number of phenolic OH excluding ortho intramolecular Hbond substituents is 1. The minimum atomic E-state index is -0.121. The molecule has 1 heterocycles. The molecular formula is C14H11N3O2S2. The zero-order chi connectivity index (χ0) is 14.7. The highest BCUT2D eigenvalue weighted by Crippen LogP contribution is 2.38. The number of hydrogen-bond donors (Lipinski definition) is 2. The standard InChI is InChI=1S/C14H11N3O2S2/c18-9-3-1-4-10(7-9)20-8-13(19)15-11-5-2-6-12-14(11)17-21-16-12/h1-7,18H,8H2,(H,15,19). The van der Waals surface area contributed by atoms with Gasteiger partial charge in [-0.1, -0.05) is 12.1 Å². The fraction of sp³-hybridized carbons (Fsp3) is 0.0714. The van der Waals surface area contributed by atoms with Crippen LogP contribution in [-0.2, 0) is 16.1 Å². The third-order valence-electron chi connectivity index (χ3n) is 2.75. The Kier molecular flexibility index (Phi) is 4.03. The summed E-state index contributed by atoms with van der Waals surface area (Å²) in [4.78, 5) is 12.8. The summed E-state index contributed by atoms with van der Waals surface area (Å²) in [6, 6.07) is 12.3. The number of aromatic hydroxyl groups is 1. The molecule has 1 amide bonds. The van der Waals surface area contributed by atoms with Gasteiger partial charge in [0.2, 0.25) is 5.91 Å². The lowest BCUT2D eigenvalue weighted by Gasteiger charge is -2.07. The van der Waals surface area contributed by atoms with Gasteiger partial charge in [-0.25, -0.2) is 0 Å². The molecule has 1 aliphatic rings. The molecule has 2 aromatic rings. The van der Waals surface area contributed by atoms with Crippen molar-refractivity contribution in [2.45, 2.75) is 4.90 Å². The van der Waals surface area contributed by atoms with Crippen LogP contribution in [0.25, 0.3) is 0 Å². The van der Waals surface area contributed by atoms with Crippen molar-refractivity contribution in [2.75, 3.05) is 11.1 Å². The van der Waals surface area contributed by atoms with Crippen molar-refractivity contribution in [1.82, 2.24) is 0 Å². The molecule has 106 valence electrons. The van der Waals surface area contributed by atoms with Gasteiger partial charge in [0, 0.05) is 4.90 Å². The van der Waals surface area contributed by atoms with E-state index in [2.05, 4.69) is 14.0 Å². The van der Waals surface area contributed by atoms with Gasteiger partial charge < -0.3 is 10.4 Å². The van der Waals surface area contributed by atoms with Crippen LogP contribution in [0.2, 0.25) is 0 Å². The first-order valence-corrected chi connectivity index (χ1v) is 7.87. The maximum atomic E-state index is 12.0. The molecule has 2 aromatic carbocycles. The number of hydrogen-bond acceptors (Lipinski definition) is 5. The molecule has 0 fully saturated rings. The predicted molar refractivity (Wildman–Crippen MR) is 85.4 cm³/mol. The number of fused-ring (bicyclic) bond motifs is 1. The van der Waals surface area contributed by atoms with Gasteiger partial charge in [-0.2, -0.15) is 8.73 Å². The SMILES string of the molecule is O=C(CSc1cccc(O)c1)Nc1cccc2c1N=S=N2. The second-order valence-electron chi connectivity index (χ2n) is 4.27. The van der Waals surface area contributed by atoms with Gasteiger partial charge in [0.15, 0.2) is 0 Å². The Morgan fingerprint density at radius 2 is 2.10 bits per heavy atom. The molecule has 2 N–H and O–H groups in total. The molecule has 3 rings (SSSR count). The Bertz CT molecular complexity index is 771. The van der Waals surface area contributed by atoms with Crippen molar-refractivity contribution >= 4 is 46.1 Å². The van der Waals surface area contributed by atoms with Crippen LogP contribution in [0.1, 0.15) is 0 Å². The first-order chi connectivity index (χ1) is 10.2. The van der Waals surface area contributed by atoms with E-state index in [-0.39, 0.29) is 17.4 Å². The number of phenols is 1. The molecule has 0 bridgehead atoms. The topological polar surface area (TPSA) is 74.0 Å². The maximum absolute atomic E-state index is 12.0. The van der Waals surface area contributed by atoms with Crippen LogP contribution >= 0.6 is 11.8 Å². The Labute approximate surface area is 129 Å². The fourth-order valence-corrected chi connectivity index (χ4v) is 3.11.